The molecule has 1 heterocycles. The van der Waals surface area contributed by atoms with Gasteiger partial charge in [-0.05, 0) is 45.9 Å². The van der Waals surface area contributed by atoms with Crippen LogP contribution in [-0.4, -0.2) is 17.3 Å². The predicted octanol–water partition coefficient (Wildman–Crippen LogP) is 3.63. The van der Waals surface area contributed by atoms with E-state index in [1.54, 1.807) is 0 Å². The Morgan fingerprint density at radius 3 is 2.89 bits per heavy atom. The van der Waals surface area contributed by atoms with Crippen LogP contribution in [0.2, 0.25) is 0 Å². The van der Waals surface area contributed by atoms with E-state index in [-0.39, 0.29) is 5.60 Å². The van der Waals surface area contributed by atoms with Crippen molar-refractivity contribution in [2.24, 2.45) is 0 Å². The molecule has 0 spiro atoms. The highest BCUT2D eigenvalue weighted by molar-refractivity contribution is 5.43. The van der Waals surface area contributed by atoms with Crippen LogP contribution in [0.15, 0.2) is 29.8 Å². The molecule has 1 aliphatic heterocycles. The number of rotatable bonds is 3. The SMILES string of the molecule is CC(C)=CCOc1ccc2c(c1)OC(C)(C)CC2O. The van der Waals surface area contributed by atoms with Crippen LogP contribution in [0.4, 0.5) is 0 Å². The minimum absolute atomic E-state index is 0.342. The Morgan fingerprint density at radius 2 is 2.21 bits per heavy atom. The van der Waals surface area contributed by atoms with Crippen LogP contribution in [0.1, 0.15) is 45.8 Å². The van der Waals surface area contributed by atoms with Gasteiger partial charge in [0.05, 0.1) is 6.10 Å². The maximum Gasteiger partial charge on any atom is 0.129 e. The van der Waals surface area contributed by atoms with E-state index in [0.717, 1.165) is 17.1 Å². The lowest BCUT2D eigenvalue weighted by atomic mass is 9.92. The molecule has 19 heavy (non-hydrogen) atoms. The van der Waals surface area contributed by atoms with Crippen molar-refractivity contribution in [3.8, 4) is 11.5 Å². The first-order chi connectivity index (χ1) is 8.87. The fourth-order valence-corrected chi connectivity index (χ4v) is 2.19. The standard InChI is InChI=1S/C16H22O3/c1-11(2)7-8-18-12-5-6-13-14(17)10-16(3,4)19-15(13)9-12/h5-7,9,14,17H,8,10H2,1-4H3. The molecule has 1 aromatic rings. The lowest BCUT2D eigenvalue weighted by Gasteiger charge is -2.35. The Kier molecular flexibility index (Phi) is 3.85. The number of allylic oxidation sites excluding steroid dienone is 1. The Hall–Kier alpha value is -1.48. The third-order valence-electron chi connectivity index (χ3n) is 3.16. The van der Waals surface area contributed by atoms with Crippen molar-refractivity contribution in [2.75, 3.05) is 6.61 Å². The zero-order valence-electron chi connectivity index (χ0n) is 12.1. The average molecular weight is 262 g/mol. The number of aliphatic hydroxyl groups excluding tert-OH is 1. The van der Waals surface area contributed by atoms with Gasteiger partial charge in [0.15, 0.2) is 0 Å². The summed E-state index contributed by atoms with van der Waals surface area (Å²) in [7, 11) is 0. The van der Waals surface area contributed by atoms with Crippen molar-refractivity contribution < 1.29 is 14.6 Å². The average Bonchev–Trinajstić information content (AvgIpc) is 2.26. The van der Waals surface area contributed by atoms with E-state index in [4.69, 9.17) is 9.47 Å². The van der Waals surface area contributed by atoms with Crippen LogP contribution in [-0.2, 0) is 0 Å². The van der Waals surface area contributed by atoms with Gasteiger partial charge < -0.3 is 14.6 Å². The molecular formula is C16H22O3. The fraction of sp³-hybridized carbons (Fsp3) is 0.500. The van der Waals surface area contributed by atoms with Crippen molar-refractivity contribution >= 4 is 0 Å². The van der Waals surface area contributed by atoms with E-state index in [0.29, 0.717) is 13.0 Å². The Bertz CT molecular complexity index is 485. The topological polar surface area (TPSA) is 38.7 Å². The first-order valence-corrected chi connectivity index (χ1v) is 6.64. The van der Waals surface area contributed by atoms with Gasteiger partial charge in [0, 0.05) is 18.1 Å². The lowest BCUT2D eigenvalue weighted by Crippen LogP contribution is -2.34. The lowest BCUT2D eigenvalue weighted by molar-refractivity contribution is 0.0113. The molecule has 0 aromatic heterocycles. The summed E-state index contributed by atoms with van der Waals surface area (Å²) < 4.78 is 11.6. The Balaban J connectivity index is 2.16. The molecular weight excluding hydrogens is 240 g/mol. The molecule has 3 nitrogen and oxygen atoms in total. The second-order valence-corrected chi connectivity index (χ2v) is 5.87. The molecule has 104 valence electrons. The molecule has 0 radical (unpaired) electrons. The van der Waals surface area contributed by atoms with Crippen molar-refractivity contribution in [3.05, 3.63) is 35.4 Å². The quantitative estimate of drug-likeness (QED) is 0.845. The number of benzene rings is 1. The van der Waals surface area contributed by atoms with Crippen LogP contribution < -0.4 is 9.47 Å². The zero-order chi connectivity index (χ0) is 14.0. The molecule has 0 saturated heterocycles. The number of hydrogen-bond acceptors (Lipinski definition) is 3. The molecule has 0 fully saturated rings. The van der Waals surface area contributed by atoms with Crippen LogP contribution in [0.25, 0.3) is 0 Å². The van der Waals surface area contributed by atoms with Crippen LogP contribution in [0.3, 0.4) is 0 Å². The highest BCUT2D eigenvalue weighted by Crippen LogP contribution is 2.40. The zero-order valence-corrected chi connectivity index (χ0v) is 12.1. The van der Waals surface area contributed by atoms with Gasteiger partial charge >= 0.3 is 0 Å². The summed E-state index contributed by atoms with van der Waals surface area (Å²) in [6, 6.07) is 5.62. The summed E-state index contributed by atoms with van der Waals surface area (Å²) in [5.41, 5.74) is 1.73. The number of aliphatic hydroxyl groups is 1. The minimum Gasteiger partial charge on any atom is -0.489 e. The molecule has 1 atom stereocenters. The highest BCUT2D eigenvalue weighted by atomic mass is 16.5. The predicted molar refractivity (Wildman–Crippen MR) is 75.7 cm³/mol. The van der Waals surface area contributed by atoms with Crippen molar-refractivity contribution in [1.29, 1.82) is 0 Å². The second-order valence-electron chi connectivity index (χ2n) is 5.87. The normalized spacial score (nSPS) is 20.2. The van der Waals surface area contributed by atoms with E-state index in [9.17, 15) is 5.11 Å². The van der Waals surface area contributed by atoms with Gasteiger partial charge in [-0.3, -0.25) is 0 Å². The number of hydrogen-bond donors (Lipinski definition) is 1. The number of fused-ring (bicyclic) bond motifs is 1. The summed E-state index contributed by atoms with van der Waals surface area (Å²) in [6.07, 6.45) is 2.17. The molecule has 0 amide bonds. The molecule has 2 rings (SSSR count). The van der Waals surface area contributed by atoms with Gasteiger partial charge in [-0.2, -0.15) is 0 Å². The van der Waals surface area contributed by atoms with Crippen LogP contribution >= 0.6 is 0 Å². The summed E-state index contributed by atoms with van der Waals surface area (Å²) >= 11 is 0. The minimum atomic E-state index is -0.467. The number of ether oxygens (including phenoxy) is 2. The monoisotopic (exact) mass is 262 g/mol. The first-order valence-electron chi connectivity index (χ1n) is 6.64. The third kappa shape index (κ3) is 3.51. The first kappa shape index (κ1) is 13.9. The highest BCUT2D eigenvalue weighted by Gasteiger charge is 2.32. The van der Waals surface area contributed by atoms with Gasteiger partial charge in [0.25, 0.3) is 0 Å². The largest absolute Gasteiger partial charge is 0.489 e. The molecule has 1 N–H and O–H groups in total. The van der Waals surface area contributed by atoms with E-state index >= 15 is 0 Å². The van der Waals surface area contributed by atoms with Crippen molar-refractivity contribution in [3.63, 3.8) is 0 Å². The molecule has 1 unspecified atom stereocenters. The maximum absolute atomic E-state index is 10.1. The van der Waals surface area contributed by atoms with E-state index in [1.165, 1.54) is 5.57 Å². The molecule has 0 saturated carbocycles. The summed E-state index contributed by atoms with van der Waals surface area (Å²) in [5, 5.41) is 10.1. The third-order valence-corrected chi connectivity index (χ3v) is 3.16. The van der Waals surface area contributed by atoms with Gasteiger partial charge in [-0.25, -0.2) is 0 Å². The van der Waals surface area contributed by atoms with E-state index in [2.05, 4.69) is 0 Å². The smallest absolute Gasteiger partial charge is 0.129 e. The van der Waals surface area contributed by atoms with Gasteiger partial charge in [-0.15, -0.1) is 0 Å². The van der Waals surface area contributed by atoms with Crippen LogP contribution in [0.5, 0.6) is 11.5 Å². The van der Waals surface area contributed by atoms with Gasteiger partial charge in [0.1, 0.15) is 23.7 Å². The maximum atomic E-state index is 10.1. The van der Waals surface area contributed by atoms with Gasteiger partial charge in [-0.1, -0.05) is 5.57 Å². The van der Waals surface area contributed by atoms with Crippen molar-refractivity contribution in [1.82, 2.24) is 0 Å². The molecule has 1 aromatic carbocycles. The molecule has 3 heteroatoms. The summed E-state index contributed by atoms with van der Waals surface area (Å²) in [4.78, 5) is 0. The van der Waals surface area contributed by atoms with Gasteiger partial charge in [0.2, 0.25) is 0 Å². The molecule has 0 bridgehead atoms. The molecule has 0 aliphatic carbocycles. The van der Waals surface area contributed by atoms with Crippen molar-refractivity contribution in [2.45, 2.75) is 45.8 Å². The summed E-state index contributed by atoms with van der Waals surface area (Å²) in [5.74, 6) is 1.49. The van der Waals surface area contributed by atoms with E-state index < -0.39 is 6.10 Å². The second kappa shape index (κ2) is 5.25. The Morgan fingerprint density at radius 1 is 1.47 bits per heavy atom. The fourth-order valence-electron chi connectivity index (χ4n) is 2.19. The van der Waals surface area contributed by atoms with E-state index in [1.807, 2.05) is 52.0 Å². The summed E-state index contributed by atoms with van der Waals surface area (Å²) in [6.45, 7) is 8.59. The molecule has 1 aliphatic rings. The Labute approximate surface area is 114 Å². The van der Waals surface area contributed by atoms with Crippen LogP contribution in [0, 0.1) is 0 Å².